The average Bonchev–Trinajstić information content (AvgIpc) is 2.29. The number of carbonyl (C=O) groups excluding carboxylic acids is 2. The second kappa shape index (κ2) is 10.1. The number of nitrogens with one attached hydrogen (secondary N) is 2. The molecule has 0 aliphatic carbocycles. The Balaban J connectivity index is 3.49. The van der Waals surface area contributed by atoms with Crippen molar-refractivity contribution in [2.24, 2.45) is 0 Å². The lowest BCUT2D eigenvalue weighted by Crippen LogP contribution is -2.36. The lowest BCUT2D eigenvalue weighted by Gasteiger charge is -2.11. The van der Waals surface area contributed by atoms with Gasteiger partial charge in [0, 0.05) is 25.6 Å². The number of ether oxygens (including phenoxy) is 1. The Morgan fingerprint density at radius 1 is 1.24 bits per heavy atom. The van der Waals surface area contributed by atoms with Crippen molar-refractivity contribution in [2.45, 2.75) is 46.1 Å². The molecular formula is C12H24N2O3. The van der Waals surface area contributed by atoms with E-state index in [2.05, 4.69) is 10.6 Å². The first kappa shape index (κ1) is 15.9. The van der Waals surface area contributed by atoms with Crippen molar-refractivity contribution in [3.63, 3.8) is 0 Å². The molecule has 100 valence electrons. The number of hydrogen-bond donors (Lipinski definition) is 2. The summed E-state index contributed by atoms with van der Waals surface area (Å²) < 4.78 is 5.07. The molecule has 0 aliphatic rings. The lowest BCUT2D eigenvalue weighted by atomic mass is 10.2. The van der Waals surface area contributed by atoms with E-state index in [1.54, 1.807) is 0 Å². The fourth-order valence-corrected chi connectivity index (χ4v) is 1.12. The van der Waals surface area contributed by atoms with Crippen molar-refractivity contribution in [2.75, 3.05) is 19.8 Å². The first-order chi connectivity index (χ1) is 8.10. The molecule has 0 heterocycles. The summed E-state index contributed by atoms with van der Waals surface area (Å²) in [5, 5.41) is 5.47. The zero-order valence-corrected chi connectivity index (χ0v) is 11.0. The molecule has 0 aromatic rings. The molecule has 0 saturated carbocycles. The smallest absolute Gasteiger partial charge is 0.246 e. The molecule has 1 unspecified atom stereocenters. The summed E-state index contributed by atoms with van der Waals surface area (Å²) in [5.41, 5.74) is 0. The van der Waals surface area contributed by atoms with Crippen LogP contribution >= 0.6 is 0 Å². The topological polar surface area (TPSA) is 67.4 Å². The van der Waals surface area contributed by atoms with Gasteiger partial charge in [0.2, 0.25) is 11.8 Å². The molecule has 2 amide bonds. The first-order valence-electron chi connectivity index (χ1n) is 6.23. The van der Waals surface area contributed by atoms with Crippen LogP contribution in [0, 0.1) is 0 Å². The fraction of sp³-hybridized carbons (Fsp3) is 0.833. The van der Waals surface area contributed by atoms with Gasteiger partial charge in [0.1, 0.15) is 6.61 Å². The molecule has 0 aromatic heterocycles. The largest absolute Gasteiger partial charge is 0.372 e. The van der Waals surface area contributed by atoms with Crippen LogP contribution < -0.4 is 10.6 Å². The zero-order chi connectivity index (χ0) is 13.1. The van der Waals surface area contributed by atoms with Gasteiger partial charge in [-0.15, -0.1) is 0 Å². The average molecular weight is 244 g/mol. The highest BCUT2D eigenvalue weighted by atomic mass is 16.5. The van der Waals surface area contributed by atoms with Gasteiger partial charge < -0.3 is 15.4 Å². The summed E-state index contributed by atoms with van der Waals surface area (Å²) in [6.45, 7) is 6.96. The van der Waals surface area contributed by atoms with Crippen LogP contribution in [0.25, 0.3) is 0 Å². The monoisotopic (exact) mass is 244 g/mol. The van der Waals surface area contributed by atoms with Gasteiger partial charge in [0.25, 0.3) is 0 Å². The molecule has 17 heavy (non-hydrogen) atoms. The summed E-state index contributed by atoms with van der Waals surface area (Å²) in [4.78, 5) is 22.6. The quantitative estimate of drug-likeness (QED) is 0.590. The summed E-state index contributed by atoms with van der Waals surface area (Å²) in [6.07, 6.45) is 2.11. The third kappa shape index (κ3) is 9.81. The van der Waals surface area contributed by atoms with Crippen LogP contribution in [0.5, 0.6) is 0 Å². The maximum Gasteiger partial charge on any atom is 0.246 e. The Labute approximate surface area is 103 Å². The minimum atomic E-state index is -0.171. The molecule has 5 heteroatoms. The predicted molar refractivity (Wildman–Crippen MR) is 66.6 cm³/mol. The van der Waals surface area contributed by atoms with E-state index in [0.717, 1.165) is 12.8 Å². The SMILES string of the molecule is CCCOCC(=O)NCCC(=O)NC(C)CC. The van der Waals surface area contributed by atoms with Crippen LogP contribution in [0.1, 0.15) is 40.0 Å². The Morgan fingerprint density at radius 2 is 1.94 bits per heavy atom. The normalized spacial score (nSPS) is 11.9. The molecule has 0 spiro atoms. The van der Waals surface area contributed by atoms with Crippen LogP contribution in [0.2, 0.25) is 0 Å². The Bertz CT molecular complexity index is 232. The number of rotatable bonds is 9. The van der Waals surface area contributed by atoms with Gasteiger partial charge in [-0.25, -0.2) is 0 Å². The van der Waals surface area contributed by atoms with Crippen LogP contribution in [0.4, 0.5) is 0 Å². The summed E-state index contributed by atoms with van der Waals surface area (Å²) in [6, 6.07) is 0.186. The highest BCUT2D eigenvalue weighted by Gasteiger charge is 2.06. The maximum absolute atomic E-state index is 11.4. The number of carbonyl (C=O) groups is 2. The van der Waals surface area contributed by atoms with Gasteiger partial charge >= 0.3 is 0 Å². The van der Waals surface area contributed by atoms with Gasteiger partial charge in [0.05, 0.1) is 0 Å². The molecule has 1 atom stereocenters. The molecule has 0 aliphatic heterocycles. The standard InChI is InChI=1S/C12H24N2O3/c1-4-8-17-9-12(16)13-7-6-11(15)14-10(3)5-2/h10H,4-9H2,1-3H3,(H,13,16)(H,14,15). The second-order valence-electron chi connectivity index (χ2n) is 4.03. The van der Waals surface area contributed by atoms with Crippen LogP contribution in [0.3, 0.4) is 0 Å². The van der Waals surface area contributed by atoms with E-state index < -0.39 is 0 Å². The molecule has 5 nitrogen and oxygen atoms in total. The van der Waals surface area contributed by atoms with Crippen LogP contribution in [0.15, 0.2) is 0 Å². The van der Waals surface area contributed by atoms with Crippen molar-refractivity contribution in [3.8, 4) is 0 Å². The molecule has 0 saturated heterocycles. The van der Waals surface area contributed by atoms with E-state index in [1.807, 2.05) is 20.8 Å². The maximum atomic E-state index is 11.4. The van der Waals surface area contributed by atoms with E-state index in [9.17, 15) is 9.59 Å². The van der Waals surface area contributed by atoms with E-state index in [1.165, 1.54) is 0 Å². The molecule has 0 aromatic carbocycles. The predicted octanol–water partition coefficient (Wildman–Crippen LogP) is 0.834. The van der Waals surface area contributed by atoms with Crippen molar-refractivity contribution < 1.29 is 14.3 Å². The zero-order valence-electron chi connectivity index (χ0n) is 11.0. The minimum Gasteiger partial charge on any atom is -0.372 e. The van der Waals surface area contributed by atoms with Crippen molar-refractivity contribution in [3.05, 3.63) is 0 Å². The minimum absolute atomic E-state index is 0.0332. The molecule has 0 bridgehead atoms. The number of hydrogen-bond acceptors (Lipinski definition) is 3. The Morgan fingerprint density at radius 3 is 2.53 bits per heavy atom. The number of amides is 2. The third-order valence-corrected chi connectivity index (χ3v) is 2.28. The van der Waals surface area contributed by atoms with Gasteiger partial charge in [-0.1, -0.05) is 13.8 Å². The summed E-state index contributed by atoms with van der Waals surface area (Å²) in [7, 11) is 0. The van der Waals surface area contributed by atoms with E-state index >= 15 is 0 Å². The Kier molecular flexibility index (Phi) is 9.43. The summed E-state index contributed by atoms with van der Waals surface area (Å²) >= 11 is 0. The lowest BCUT2D eigenvalue weighted by molar-refractivity contribution is -0.126. The van der Waals surface area contributed by atoms with E-state index in [4.69, 9.17) is 4.74 Å². The van der Waals surface area contributed by atoms with Crippen LogP contribution in [-0.4, -0.2) is 37.6 Å². The fourth-order valence-electron chi connectivity index (χ4n) is 1.12. The third-order valence-electron chi connectivity index (χ3n) is 2.28. The molecule has 2 N–H and O–H groups in total. The van der Waals surface area contributed by atoms with Gasteiger partial charge in [-0.05, 0) is 19.8 Å². The first-order valence-corrected chi connectivity index (χ1v) is 6.23. The highest BCUT2D eigenvalue weighted by Crippen LogP contribution is 1.89. The Hall–Kier alpha value is -1.10. The van der Waals surface area contributed by atoms with Crippen molar-refractivity contribution in [1.82, 2.24) is 10.6 Å². The van der Waals surface area contributed by atoms with Crippen LogP contribution in [-0.2, 0) is 14.3 Å². The van der Waals surface area contributed by atoms with Crippen molar-refractivity contribution in [1.29, 1.82) is 0 Å². The van der Waals surface area contributed by atoms with Crippen molar-refractivity contribution >= 4 is 11.8 Å². The second-order valence-corrected chi connectivity index (χ2v) is 4.03. The van der Waals surface area contributed by atoms with Gasteiger partial charge in [-0.3, -0.25) is 9.59 Å². The van der Waals surface area contributed by atoms with E-state index in [0.29, 0.717) is 19.6 Å². The summed E-state index contributed by atoms with van der Waals surface area (Å²) in [5.74, 6) is -0.205. The molecule has 0 fully saturated rings. The molecular weight excluding hydrogens is 220 g/mol. The molecule has 0 radical (unpaired) electrons. The van der Waals surface area contributed by atoms with Gasteiger partial charge in [0.15, 0.2) is 0 Å². The van der Waals surface area contributed by atoms with Gasteiger partial charge in [-0.2, -0.15) is 0 Å². The highest BCUT2D eigenvalue weighted by molar-refractivity contribution is 5.79. The van der Waals surface area contributed by atoms with E-state index in [-0.39, 0.29) is 24.5 Å². The molecule has 0 rings (SSSR count).